The molecule has 90 valence electrons. The van der Waals surface area contributed by atoms with Crippen molar-refractivity contribution >= 4 is 17.7 Å². The van der Waals surface area contributed by atoms with Crippen LogP contribution in [0.25, 0.3) is 6.08 Å². The summed E-state index contributed by atoms with van der Waals surface area (Å²) in [4.78, 5) is 11.6. The molecule has 1 saturated carbocycles. The summed E-state index contributed by atoms with van der Waals surface area (Å²) in [5, 5.41) is 2.98. The van der Waals surface area contributed by atoms with Crippen LogP contribution in [0.4, 0.5) is 5.69 Å². The molecule has 0 bridgehead atoms. The predicted molar refractivity (Wildman–Crippen MR) is 70.2 cm³/mol. The summed E-state index contributed by atoms with van der Waals surface area (Å²) >= 11 is 0. The summed E-state index contributed by atoms with van der Waals surface area (Å²) in [6.45, 7) is 4.31. The van der Waals surface area contributed by atoms with Crippen LogP contribution in [-0.4, -0.2) is 11.9 Å². The van der Waals surface area contributed by atoms with Gasteiger partial charge < -0.3 is 11.1 Å². The van der Waals surface area contributed by atoms with Crippen molar-refractivity contribution in [2.24, 2.45) is 5.41 Å². The highest BCUT2D eigenvalue weighted by atomic mass is 16.1. The summed E-state index contributed by atoms with van der Waals surface area (Å²) in [7, 11) is 0. The van der Waals surface area contributed by atoms with Gasteiger partial charge in [-0.3, -0.25) is 4.79 Å². The van der Waals surface area contributed by atoms with E-state index in [1.807, 2.05) is 24.3 Å². The maximum atomic E-state index is 11.6. The van der Waals surface area contributed by atoms with E-state index in [1.165, 1.54) is 0 Å². The van der Waals surface area contributed by atoms with Gasteiger partial charge in [0.15, 0.2) is 0 Å². The normalized spacial score (nSPS) is 21.4. The Balaban J connectivity index is 1.88. The van der Waals surface area contributed by atoms with Crippen LogP contribution in [0.2, 0.25) is 0 Å². The van der Waals surface area contributed by atoms with Crippen LogP contribution in [0.3, 0.4) is 0 Å². The second-order valence-corrected chi connectivity index (χ2v) is 5.25. The molecule has 2 rings (SSSR count). The molecule has 0 radical (unpaired) electrons. The summed E-state index contributed by atoms with van der Waals surface area (Å²) in [5.41, 5.74) is 7.56. The van der Waals surface area contributed by atoms with Crippen LogP contribution < -0.4 is 11.1 Å². The number of nitrogens with two attached hydrogens (primary N) is 1. The van der Waals surface area contributed by atoms with Gasteiger partial charge in [-0.05, 0) is 35.6 Å². The number of carbonyl (C=O) groups excluding carboxylic acids is 1. The van der Waals surface area contributed by atoms with E-state index in [0.717, 1.165) is 17.7 Å². The van der Waals surface area contributed by atoms with Crippen molar-refractivity contribution in [3.63, 3.8) is 0 Å². The van der Waals surface area contributed by atoms with E-state index in [9.17, 15) is 4.79 Å². The van der Waals surface area contributed by atoms with Gasteiger partial charge in [-0.15, -0.1) is 0 Å². The molecule has 1 aromatic carbocycles. The molecule has 1 aromatic rings. The highest BCUT2D eigenvalue weighted by molar-refractivity contribution is 5.92. The van der Waals surface area contributed by atoms with Gasteiger partial charge >= 0.3 is 0 Å². The van der Waals surface area contributed by atoms with E-state index in [-0.39, 0.29) is 11.3 Å². The Kier molecular flexibility index (Phi) is 2.92. The molecule has 0 aromatic heterocycles. The SMILES string of the molecule is CC1(C)CC1NC(=O)/C=C/c1ccc(N)cc1. The van der Waals surface area contributed by atoms with Crippen LogP contribution in [-0.2, 0) is 4.79 Å². The Morgan fingerprint density at radius 2 is 2.00 bits per heavy atom. The van der Waals surface area contributed by atoms with Gasteiger partial charge in [0.2, 0.25) is 5.91 Å². The zero-order chi connectivity index (χ0) is 12.5. The minimum absolute atomic E-state index is 0.0302. The van der Waals surface area contributed by atoms with Gasteiger partial charge in [-0.25, -0.2) is 0 Å². The summed E-state index contributed by atoms with van der Waals surface area (Å²) in [6, 6.07) is 7.75. The molecule has 1 amide bonds. The molecule has 0 saturated heterocycles. The van der Waals surface area contributed by atoms with E-state index < -0.39 is 0 Å². The largest absolute Gasteiger partial charge is 0.399 e. The van der Waals surface area contributed by atoms with Gasteiger partial charge in [0.05, 0.1) is 0 Å². The molecule has 1 fully saturated rings. The lowest BCUT2D eigenvalue weighted by atomic mass is 10.2. The van der Waals surface area contributed by atoms with E-state index >= 15 is 0 Å². The van der Waals surface area contributed by atoms with Crippen LogP contribution >= 0.6 is 0 Å². The van der Waals surface area contributed by atoms with E-state index in [1.54, 1.807) is 12.2 Å². The monoisotopic (exact) mass is 230 g/mol. The first-order valence-corrected chi connectivity index (χ1v) is 5.81. The predicted octanol–water partition coefficient (Wildman–Crippen LogP) is 2.20. The third kappa shape index (κ3) is 3.09. The highest BCUT2D eigenvalue weighted by Crippen LogP contribution is 2.44. The van der Waals surface area contributed by atoms with E-state index in [0.29, 0.717) is 6.04 Å². The number of rotatable bonds is 3. The highest BCUT2D eigenvalue weighted by Gasteiger charge is 2.46. The zero-order valence-corrected chi connectivity index (χ0v) is 10.2. The summed E-state index contributed by atoms with van der Waals surface area (Å²) < 4.78 is 0. The van der Waals surface area contributed by atoms with Gasteiger partial charge in [0, 0.05) is 17.8 Å². The smallest absolute Gasteiger partial charge is 0.244 e. The lowest BCUT2D eigenvalue weighted by Crippen LogP contribution is -2.26. The van der Waals surface area contributed by atoms with Gasteiger partial charge in [-0.1, -0.05) is 26.0 Å². The fourth-order valence-electron chi connectivity index (χ4n) is 1.71. The minimum atomic E-state index is -0.0302. The molecule has 1 atom stereocenters. The number of hydrogen-bond acceptors (Lipinski definition) is 2. The third-order valence-electron chi connectivity index (χ3n) is 3.19. The lowest BCUT2D eigenvalue weighted by Gasteiger charge is -2.03. The topological polar surface area (TPSA) is 55.1 Å². The van der Waals surface area contributed by atoms with Crippen LogP contribution in [0.15, 0.2) is 30.3 Å². The third-order valence-corrected chi connectivity index (χ3v) is 3.19. The van der Waals surface area contributed by atoms with Gasteiger partial charge in [0.25, 0.3) is 0 Å². The van der Waals surface area contributed by atoms with Crippen molar-refractivity contribution in [2.45, 2.75) is 26.3 Å². The van der Waals surface area contributed by atoms with Crippen molar-refractivity contribution in [2.75, 3.05) is 5.73 Å². The number of nitrogens with one attached hydrogen (secondary N) is 1. The quantitative estimate of drug-likeness (QED) is 0.618. The Labute approximate surface area is 102 Å². The second-order valence-electron chi connectivity index (χ2n) is 5.25. The van der Waals surface area contributed by atoms with Gasteiger partial charge in [-0.2, -0.15) is 0 Å². The van der Waals surface area contributed by atoms with Crippen molar-refractivity contribution in [3.8, 4) is 0 Å². The Morgan fingerprint density at radius 3 is 2.53 bits per heavy atom. The fourth-order valence-corrected chi connectivity index (χ4v) is 1.71. The van der Waals surface area contributed by atoms with Crippen molar-refractivity contribution in [1.82, 2.24) is 5.32 Å². The molecule has 3 nitrogen and oxygen atoms in total. The van der Waals surface area contributed by atoms with Crippen molar-refractivity contribution in [3.05, 3.63) is 35.9 Å². The minimum Gasteiger partial charge on any atom is -0.399 e. The number of benzene rings is 1. The summed E-state index contributed by atoms with van der Waals surface area (Å²) in [5.74, 6) is -0.0302. The molecule has 0 spiro atoms. The number of anilines is 1. The molecular weight excluding hydrogens is 212 g/mol. The first-order chi connectivity index (χ1) is 7.97. The Morgan fingerprint density at radius 1 is 1.41 bits per heavy atom. The number of amides is 1. The molecule has 1 aliphatic carbocycles. The van der Waals surface area contributed by atoms with E-state index in [2.05, 4.69) is 19.2 Å². The molecule has 0 heterocycles. The maximum absolute atomic E-state index is 11.6. The number of nitrogen functional groups attached to an aromatic ring is 1. The molecule has 0 aliphatic heterocycles. The molecule has 1 aliphatic rings. The standard InChI is InChI=1S/C14H18N2O/c1-14(2)9-12(14)16-13(17)8-5-10-3-6-11(15)7-4-10/h3-8,12H,9,15H2,1-2H3,(H,16,17)/b8-5+. The fraction of sp³-hybridized carbons (Fsp3) is 0.357. The van der Waals surface area contributed by atoms with Gasteiger partial charge in [0.1, 0.15) is 0 Å². The zero-order valence-electron chi connectivity index (χ0n) is 10.2. The molecule has 3 N–H and O–H groups in total. The molecular formula is C14H18N2O. The first-order valence-electron chi connectivity index (χ1n) is 5.81. The van der Waals surface area contributed by atoms with Crippen LogP contribution in [0, 0.1) is 5.41 Å². The van der Waals surface area contributed by atoms with Crippen LogP contribution in [0.5, 0.6) is 0 Å². The first kappa shape index (κ1) is 11.7. The molecule has 1 unspecified atom stereocenters. The lowest BCUT2D eigenvalue weighted by molar-refractivity contribution is -0.116. The maximum Gasteiger partial charge on any atom is 0.244 e. The van der Waals surface area contributed by atoms with Crippen molar-refractivity contribution in [1.29, 1.82) is 0 Å². The second kappa shape index (κ2) is 4.24. The summed E-state index contributed by atoms with van der Waals surface area (Å²) in [6.07, 6.45) is 4.43. The van der Waals surface area contributed by atoms with Crippen LogP contribution in [0.1, 0.15) is 25.8 Å². The molecule has 3 heteroatoms. The van der Waals surface area contributed by atoms with Crippen molar-refractivity contribution < 1.29 is 4.79 Å². The average molecular weight is 230 g/mol. The molecule has 17 heavy (non-hydrogen) atoms. The van der Waals surface area contributed by atoms with E-state index in [4.69, 9.17) is 5.73 Å². The number of hydrogen-bond donors (Lipinski definition) is 2. The Bertz CT molecular complexity index is 446. The average Bonchev–Trinajstić information content (AvgIpc) is 2.85. The number of carbonyl (C=O) groups is 1. The Hall–Kier alpha value is -1.77.